The van der Waals surface area contributed by atoms with Crippen molar-refractivity contribution in [3.8, 4) is 5.88 Å². The summed E-state index contributed by atoms with van der Waals surface area (Å²) in [6, 6.07) is 8.24. The summed E-state index contributed by atoms with van der Waals surface area (Å²) < 4.78 is 6.94. The number of aromatic nitrogens is 2. The predicted octanol–water partition coefficient (Wildman–Crippen LogP) is 4.18. The van der Waals surface area contributed by atoms with Gasteiger partial charge in [-0.2, -0.15) is 4.98 Å². The van der Waals surface area contributed by atoms with Crippen LogP contribution >= 0.6 is 31.9 Å². The van der Waals surface area contributed by atoms with Gasteiger partial charge < -0.3 is 10.1 Å². The maximum absolute atomic E-state index is 5.14. The lowest BCUT2D eigenvalue weighted by Gasteiger charge is -2.14. The van der Waals surface area contributed by atoms with Crippen molar-refractivity contribution >= 4 is 37.8 Å². The Kier molecular flexibility index (Phi) is 4.76. The van der Waals surface area contributed by atoms with E-state index in [9.17, 15) is 0 Å². The summed E-state index contributed by atoms with van der Waals surface area (Å²) in [6.07, 6.45) is 1.67. The molecule has 0 saturated heterocycles. The minimum absolute atomic E-state index is 0.110. The van der Waals surface area contributed by atoms with Crippen molar-refractivity contribution in [2.24, 2.45) is 0 Å². The Bertz CT molecular complexity index is 560. The molecular formula is C13H13Br2N3O. The van der Waals surface area contributed by atoms with E-state index in [1.165, 1.54) is 0 Å². The van der Waals surface area contributed by atoms with Crippen LogP contribution < -0.4 is 10.1 Å². The van der Waals surface area contributed by atoms with Crippen LogP contribution in [0.15, 0.2) is 39.4 Å². The third-order valence-electron chi connectivity index (χ3n) is 2.62. The van der Waals surface area contributed by atoms with Crippen LogP contribution in [-0.2, 0) is 0 Å². The Hall–Kier alpha value is -1.14. The molecule has 0 saturated carbocycles. The fourth-order valence-corrected chi connectivity index (χ4v) is 2.21. The van der Waals surface area contributed by atoms with E-state index >= 15 is 0 Å². The fraction of sp³-hybridized carbons (Fsp3) is 0.231. The van der Waals surface area contributed by atoms with E-state index < -0.39 is 0 Å². The lowest BCUT2D eigenvalue weighted by atomic mass is 10.1. The molecule has 0 fully saturated rings. The highest BCUT2D eigenvalue weighted by Crippen LogP contribution is 2.24. The van der Waals surface area contributed by atoms with Crippen LogP contribution in [0.2, 0.25) is 0 Å². The molecule has 0 aliphatic rings. The number of methoxy groups -OCH3 is 1. The number of rotatable bonds is 4. The smallest absolute Gasteiger partial charge is 0.232 e. The Morgan fingerprint density at radius 2 is 1.89 bits per heavy atom. The minimum Gasteiger partial charge on any atom is -0.480 e. The van der Waals surface area contributed by atoms with Crippen molar-refractivity contribution in [1.82, 2.24) is 9.97 Å². The molecule has 0 spiro atoms. The molecular weight excluding hydrogens is 374 g/mol. The summed E-state index contributed by atoms with van der Waals surface area (Å²) in [5, 5.41) is 3.24. The van der Waals surface area contributed by atoms with Crippen molar-refractivity contribution in [3.63, 3.8) is 0 Å². The molecule has 0 aliphatic heterocycles. The summed E-state index contributed by atoms with van der Waals surface area (Å²) >= 11 is 6.75. The molecule has 2 aromatic rings. The zero-order chi connectivity index (χ0) is 13.8. The van der Waals surface area contributed by atoms with Gasteiger partial charge in [0.05, 0.1) is 23.8 Å². The number of ether oxygens (including phenoxy) is 1. The van der Waals surface area contributed by atoms with Crippen molar-refractivity contribution in [3.05, 3.63) is 45.0 Å². The summed E-state index contributed by atoms with van der Waals surface area (Å²) in [5.41, 5.74) is 1.16. The highest BCUT2D eigenvalue weighted by Gasteiger charge is 2.09. The van der Waals surface area contributed by atoms with Crippen molar-refractivity contribution in [2.45, 2.75) is 13.0 Å². The number of halogens is 2. The molecule has 6 heteroatoms. The number of benzene rings is 1. The summed E-state index contributed by atoms with van der Waals surface area (Å²) in [6.45, 7) is 2.06. The van der Waals surface area contributed by atoms with Gasteiger partial charge in [0, 0.05) is 4.47 Å². The summed E-state index contributed by atoms with van der Waals surface area (Å²) in [7, 11) is 1.58. The average Bonchev–Trinajstić information content (AvgIpc) is 2.41. The van der Waals surface area contributed by atoms with E-state index in [0.717, 1.165) is 14.5 Å². The highest BCUT2D eigenvalue weighted by atomic mass is 79.9. The Morgan fingerprint density at radius 1 is 1.21 bits per heavy atom. The number of nitrogens with one attached hydrogen (secondary N) is 1. The van der Waals surface area contributed by atoms with E-state index in [0.29, 0.717) is 11.8 Å². The minimum atomic E-state index is 0.110. The van der Waals surface area contributed by atoms with Crippen LogP contribution in [0, 0.1) is 0 Å². The van der Waals surface area contributed by atoms with Crippen molar-refractivity contribution in [1.29, 1.82) is 0 Å². The van der Waals surface area contributed by atoms with Gasteiger partial charge in [-0.1, -0.05) is 28.1 Å². The molecule has 1 atom stereocenters. The molecule has 1 aromatic heterocycles. The van der Waals surface area contributed by atoms with Crippen LogP contribution in [0.3, 0.4) is 0 Å². The zero-order valence-electron chi connectivity index (χ0n) is 10.5. The molecule has 0 amide bonds. The fourth-order valence-electron chi connectivity index (χ4n) is 1.59. The van der Waals surface area contributed by atoms with E-state index in [2.05, 4.69) is 66.2 Å². The first-order valence-corrected chi connectivity index (χ1v) is 7.27. The second-order valence-electron chi connectivity index (χ2n) is 3.97. The van der Waals surface area contributed by atoms with E-state index in [1.54, 1.807) is 13.3 Å². The number of hydrogen-bond donors (Lipinski definition) is 1. The van der Waals surface area contributed by atoms with Gasteiger partial charge in [0.1, 0.15) is 0 Å². The topological polar surface area (TPSA) is 47.0 Å². The van der Waals surface area contributed by atoms with Crippen LogP contribution in [0.25, 0.3) is 0 Å². The molecule has 0 bridgehead atoms. The first kappa shape index (κ1) is 14.3. The second kappa shape index (κ2) is 6.34. The highest BCUT2D eigenvalue weighted by molar-refractivity contribution is 9.10. The van der Waals surface area contributed by atoms with E-state index in [-0.39, 0.29) is 6.04 Å². The summed E-state index contributed by atoms with van der Waals surface area (Å²) in [5.74, 6) is 1.05. The molecule has 0 radical (unpaired) electrons. The summed E-state index contributed by atoms with van der Waals surface area (Å²) in [4.78, 5) is 8.48. The molecule has 1 unspecified atom stereocenters. The van der Waals surface area contributed by atoms with Gasteiger partial charge in [0.15, 0.2) is 0 Å². The lowest BCUT2D eigenvalue weighted by molar-refractivity contribution is 0.394. The SMILES string of the molecule is COc1nc(NC(C)c2ccc(Br)cc2)ncc1Br. The van der Waals surface area contributed by atoms with Gasteiger partial charge in [-0.3, -0.25) is 0 Å². The Morgan fingerprint density at radius 3 is 2.53 bits per heavy atom. The molecule has 4 nitrogen and oxygen atoms in total. The standard InChI is InChI=1S/C13H13Br2N3O/c1-8(9-3-5-10(14)6-4-9)17-13-16-7-11(15)12(18-13)19-2/h3-8H,1-2H3,(H,16,17,18). The third kappa shape index (κ3) is 3.67. The first-order chi connectivity index (χ1) is 9.10. The zero-order valence-corrected chi connectivity index (χ0v) is 13.7. The maximum Gasteiger partial charge on any atom is 0.232 e. The van der Waals surface area contributed by atoms with Gasteiger partial charge in [0.2, 0.25) is 11.8 Å². The first-order valence-electron chi connectivity index (χ1n) is 5.68. The third-order valence-corrected chi connectivity index (χ3v) is 3.69. The molecule has 1 aromatic carbocycles. The molecule has 2 rings (SSSR count). The van der Waals surface area contributed by atoms with Gasteiger partial charge in [-0.15, -0.1) is 0 Å². The monoisotopic (exact) mass is 385 g/mol. The molecule has 100 valence electrons. The largest absolute Gasteiger partial charge is 0.480 e. The van der Waals surface area contributed by atoms with Gasteiger partial charge >= 0.3 is 0 Å². The number of anilines is 1. The molecule has 0 aliphatic carbocycles. The van der Waals surface area contributed by atoms with Crippen LogP contribution in [0.5, 0.6) is 5.88 Å². The average molecular weight is 387 g/mol. The maximum atomic E-state index is 5.14. The van der Waals surface area contributed by atoms with E-state index in [4.69, 9.17) is 4.74 Å². The van der Waals surface area contributed by atoms with Crippen LogP contribution in [0.1, 0.15) is 18.5 Å². The molecule has 1 N–H and O–H groups in total. The van der Waals surface area contributed by atoms with Crippen molar-refractivity contribution < 1.29 is 4.74 Å². The number of nitrogens with zero attached hydrogens (tertiary/aromatic N) is 2. The van der Waals surface area contributed by atoms with Crippen LogP contribution in [0.4, 0.5) is 5.95 Å². The quantitative estimate of drug-likeness (QED) is 0.855. The number of hydrogen-bond acceptors (Lipinski definition) is 4. The molecule has 19 heavy (non-hydrogen) atoms. The van der Waals surface area contributed by atoms with Crippen LogP contribution in [-0.4, -0.2) is 17.1 Å². The van der Waals surface area contributed by atoms with Gasteiger partial charge in [-0.05, 0) is 40.5 Å². The van der Waals surface area contributed by atoms with Gasteiger partial charge in [0.25, 0.3) is 0 Å². The van der Waals surface area contributed by atoms with Gasteiger partial charge in [-0.25, -0.2) is 4.98 Å². The predicted molar refractivity (Wildman–Crippen MR) is 82.5 cm³/mol. The Balaban J connectivity index is 2.14. The van der Waals surface area contributed by atoms with Crippen molar-refractivity contribution in [2.75, 3.05) is 12.4 Å². The second-order valence-corrected chi connectivity index (χ2v) is 5.74. The Labute approximate surface area is 128 Å². The normalized spacial score (nSPS) is 12.0. The van der Waals surface area contributed by atoms with E-state index in [1.807, 2.05) is 12.1 Å². The lowest BCUT2D eigenvalue weighted by Crippen LogP contribution is -2.09. The molecule has 1 heterocycles.